The molecule has 7 nitrogen and oxygen atoms in total. The lowest BCUT2D eigenvalue weighted by atomic mass is 9.77. The van der Waals surface area contributed by atoms with Crippen LogP contribution in [0.3, 0.4) is 0 Å². The molecule has 6 rings (SSSR count). The van der Waals surface area contributed by atoms with Crippen LogP contribution in [0.2, 0.25) is 0 Å². The summed E-state index contributed by atoms with van der Waals surface area (Å²) in [5.41, 5.74) is 3.33. The van der Waals surface area contributed by atoms with E-state index in [9.17, 15) is 4.79 Å². The molecule has 0 aromatic carbocycles. The molecule has 0 radical (unpaired) electrons. The molecule has 2 atom stereocenters. The van der Waals surface area contributed by atoms with Crippen molar-refractivity contribution in [3.8, 4) is 0 Å². The molecular weight excluding hydrogens is 354 g/mol. The molecule has 3 aromatic rings. The second kappa shape index (κ2) is 5.31. The first-order chi connectivity index (χ1) is 13.6. The third-order valence-electron chi connectivity index (χ3n) is 6.79. The molecule has 7 heteroatoms. The maximum atomic E-state index is 13.2. The van der Waals surface area contributed by atoms with Crippen LogP contribution < -0.4 is 10.2 Å². The highest BCUT2D eigenvalue weighted by Gasteiger charge is 2.46. The number of fused-ring (bicyclic) bond motifs is 7. The first-order valence-corrected chi connectivity index (χ1v) is 9.83. The number of aryl methyl sites for hydroxylation is 1. The van der Waals surface area contributed by atoms with E-state index in [-0.39, 0.29) is 23.4 Å². The predicted molar refractivity (Wildman–Crippen MR) is 103 cm³/mol. The molecule has 1 amide bonds. The summed E-state index contributed by atoms with van der Waals surface area (Å²) >= 11 is 0. The number of nitrogens with zero attached hydrogens (tertiary/aromatic N) is 4. The summed E-state index contributed by atoms with van der Waals surface area (Å²) in [6.45, 7) is 2.22. The zero-order chi connectivity index (χ0) is 19.0. The van der Waals surface area contributed by atoms with E-state index in [1.165, 1.54) is 11.9 Å². The lowest BCUT2D eigenvalue weighted by Crippen LogP contribution is -2.41. The number of nitrogens with one attached hydrogen (secondary N) is 1. The Labute approximate surface area is 162 Å². The summed E-state index contributed by atoms with van der Waals surface area (Å²) in [5, 5.41) is 3.93. The molecule has 1 fully saturated rings. The predicted octanol–water partition coefficient (Wildman–Crippen LogP) is 3.12. The van der Waals surface area contributed by atoms with Gasteiger partial charge in [0.25, 0.3) is 5.91 Å². The van der Waals surface area contributed by atoms with E-state index in [2.05, 4.69) is 38.2 Å². The Hall–Kier alpha value is -2.96. The summed E-state index contributed by atoms with van der Waals surface area (Å²) in [6, 6.07) is 3.89. The van der Waals surface area contributed by atoms with E-state index in [1.54, 1.807) is 6.20 Å². The Morgan fingerprint density at radius 1 is 1.29 bits per heavy atom. The SMILES string of the molecule is CN(c1ncnc2oc3c(c12)C(=O)NC1c2ncccc2CCC31)C1(C)CC1. The summed E-state index contributed by atoms with van der Waals surface area (Å²) in [7, 11) is 2.04. The van der Waals surface area contributed by atoms with Crippen molar-refractivity contribution >= 4 is 22.8 Å². The number of pyridine rings is 1. The number of carbonyl (C=O) groups is 1. The molecular formula is C21H21N5O2. The molecule has 1 saturated carbocycles. The second-order valence-corrected chi connectivity index (χ2v) is 8.42. The van der Waals surface area contributed by atoms with Gasteiger partial charge in [-0.15, -0.1) is 0 Å². The Morgan fingerprint density at radius 3 is 2.96 bits per heavy atom. The Kier molecular flexibility index (Phi) is 3.04. The van der Waals surface area contributed by atoms with Crippen LogP contribution in [0.5, 0.6) is 0 Å². The quantitative estimate of drug-likeness (QED) is 0.741. The molecule has 142 valence electrons. The summed E-state index contributed by atoms with van der Waals surface area (Å²) in [4.78, 5) is 28.8. The normalized spacial score (nSPS) is 24.1. The second-order valence-electron chi connectivity index (χ2n) is 8.42. The minimum Gasteiger partial charge on any atom is -0.441 e. The fourth-order valence-corrected chi connectivity index (χ4v) is 4.72. The zero-order valence-electron chi connectivity index (χ0n) is 15.9. The molecule has 0 bridgehead atoms. The third kappa shape index (κ3) is 2.04. The highest BCUT2D eigenvalue weighted by Crippen LogP contribution is 2.49. The van der Waals surface area contributed by atoms with E-state index >= 15 is 0 Å². The van der Waals surface area contributed by atoms with Gasteiger partial charge in [0, 0.05) is 24.7 Å². The number of rotatable bonds is 2. The third-order valence-corrected chi connectivity index (χ3v) is 6.79. The van der Waals surface area contributed by atoms with Crippen LogP contribution in [0.25, 0.3) is 11.1 Å². The van der Waals surface area contributed by atoms with Gasteiger partial charge in [0.15, 0.2) is 0 Å². The van der Waals surface area contributed by atoms with Gasteiger partial charge < -0.3 is 14.6 Å². The molecule has 3 aromatic heterocycles. The zero-order valence-corrected chi connectivity index (χ0v) is 15.9. The van der Waals surface area contributed by atoms with Crippen molar-refractivity contribution < 1.29 is 9.21 Å². The molecule has 2 unspecified atom stereocenters. The highest BCUT2D eigenvalue weighted by molar-refractivity contribution is 6.11. The lowest BCUT2D eigenvalue weighted by molar-refractivity contribution is 0.0902. The van der Waals surface area contributed by atoms with Crippen molar-refractivity contribution in [1.82, 2.24) is 20.3 Å². The van der Waals surface area contributed by atoms with Crippen molar-refractivity contribution in [3.05, 3.63) is 47.2 Å². The van der Waals surface area contributed by atoms with Gasteiger partial charge in [-0.25, -0.2) is 9.97 Å². The topological polar surface area (TPSA) is 84.2 Å². The van der Waals surface area contributed by atoms with Crippen molar-refractivity contribution in [2.45, 2.75) is 50.1 Å². The van der Waals surface area contributed by atoms with Gasteiger partial charge in [-0.3, -0.25) is 9.78 Å². The molecule has 1 aliphatic heterocycles. The van der Waals surface area contributed by atoms with Crippen LogP contribution in [-0.2, 0) is 6.42 Å². The largest absolute Gasteiger partial charge is 0.441 e. The van der Waals surface area contributed by atoms with Crippen LogP contribution >= 0.6 is 0 Å². The summed E-state index contributed by atoms with van der Waals surface area (Å²) in [5.74, 6) is 1.45. The number of amides is 1. The van der Waals surface area contributed by atoms with E-state index in [0.717, 1.165) is 48.3 Å². The molecule has 3 aliphatic rings. The van der Waals surface area contributed by atoms with Gasteiger partial charge >= 0.3 is 0 Å². The van der Waals surface area contributed by atoms with Gasteiger partial charge in [-0.2, -0.15) is 0 Å². The Morgan fingerprint density at radius 2 is 2.14 bits per heavy atom. The number of aromatic nitrogens is 3. The van der Waals surface area contributed by atoms with E-state index in [1.807, 2.05) is 13.1 Å². The Bertz CT molecular complexity index is 1130. The van der Waals surface area contributed by atoms with Gasteiger partial charge in [-0.1, -0.05) is 6.07 Å². The number of hydrogen-bond donors (Lipinski definition) is 1. The van der Waals surface area contributed by atoms with Crippen molar-refractivity contribution in [2.24, 2.45) is 0 Å². The van der Waals surface area contributed by atoms with Crippen LogP contribution in [0, 0.1) is 0 Å². The van der Waals surface area contributed by atoms with Crippen molar-refractivity contribution in [2.75, 3.05) is 11.9 Å². The maximum absolute atomic E-state index is 13.2. The lowest BCUT2D eigenvalue weighted by Gasteiger charge is -2.35. The molecule has 4 heterocycles. The van der Waals surface area contributed by atoms with Gasteiger partial charge in [0.05, 0.1) is 22.7 Å². The van der Waals surface area contributed by atoms with Gasteiger partial charge in [0.1, 0.15) is 17.9 Å². The average Bonchev–Trinajstić information content (AvgIpc) is 3.33. The van der Waals surface area contributed by atoms with Crippen LogP contribution in [0.15, 0.2) is 29.1 Å². The molecule has 28 heavy (non-hydrogen) atoms. The number of carbonyl (C=O) groups excluding carboxylic acids is 1. The summed E-state index contributed by atoms with van der Waals surface area (Å²) in [6.07, 6.45) is 7.39. The van der Waals surface area contributed by atoms with Crippen LogP contribution in [0.4, 0.5) is 5.82 Å². The standard InChI is InChI=1S/C21H21N5O2/c1-21(7-8-21)26(2)18-14-13-17(28-20(14)24-10-23-18)12-6-5-11-4-3-9-22-15(11)16(12)25-19(13)27/h3-4,9-10,12,16H,5-8H2,1-2H3,(H,25,27). The fraction of sp³-hybridized carbons (Fsp3) is 0.429. The van der Waals surface area contributed by atoms with Crippen LogP contribution in [-0.4, -0.2) is 33.4 Å². The molecule has 2 aliphatic carbocycles. The van der Waals surface area contributed by atoms with E-state index < -0.39 is 0 Å². The van der Waals surface area contributed by atoms with Crippen LogP contribution in [0.1, 0.15) is 65.5 Å². The number of furan rings is 1. The van der Waals surface area contributed by atoms with Crippen molar-refractivity contribution in [1.29, 1.82) is 0 Å². The molecule has 1 N–H and O–H groups in total. The fourth-order valence-electron chi connectivity index (χ4n) is 4.72. The van der Waals surface area contributed by atoms with Gasteiger partial charge in [-0.05, 0) is 44.2 Å². The first-order valence-electron chi connectivity index (χ1n) is 9.83. The number of hydrogen-bond acceptors (Lipinski definition) is 6. The molecule has 0 saturated heterocycles. The van der Waals surface area contributed by atoms with E-state index in [4.69, 9.17) is 4.42 Å². The highest BCUT2D eigenvalue weighted by atomic mass is 16.3. The van der Waals surface area contributed by atoms with E-state index in [0.29, 0.717) is 11.3 Å². The summed E-state index contributed by atoms with van der Waals surface area (Å²) < 4.78 is 6.20. The first kappa shape index (κ1) is 16.0. The van der Waals surface area contributed by atoms with Crippen molar-refractivity contribution in [3.63, 3.8) is 0 Å². The minimum atomic E-state index is -0.152. The maximum Gasteiger partial charge on any atom is 0.256 e. The number of anilines is 1. The molecule has 0 spiro atoms. The monoisotopic (exact) mass is 375 g/mol. The van der Waals surface area contributed by atoms with Gasteiger partial charge in [0.2, 0.25) is 5.71 Å². The smallest absolute Gasteiger partial charge is 0.256 e. The average molecular weight is 375 g/mol. The Balaban J connectivity index is 1.54. The minimum absolute atomic E-state index is 0.0685.